The molecule has 0 aromatic carbocycles. The van der Waals surface area contributed by atoms with Gasteiger partial charge in [-0.3, -0.25) is 0 Å². The summed E-state index contributed by atoms with van der Waals surface area (Å²) in [5.74, 6) is -2.66. The first-order chi connectivity index (χ1) is 9.44. The predicted octanol–water partition coefficient (Wildman–Crippen LogP) is -8.44. The SMILES string of the molecule is CCCCn1ccnc1CN.O=C(O)C(=O)O.O=N[O-].[Cl-].[Cl-].[Cl-].[Pt]. The summed E-state index contributed by atoms with van der Waals surface area (Å²) in [5, 5.41) is 23.8. The van der Waals surface area contributed by atoms with Gasteiger partial charge in [0.15, 0.2) is 0 Å². The third-order valence-electron chi connectivity index (χ3n) is 1.92. The Kier molecular flexibility index (Phi) is 43.3. The number of hydrogen-bond donors (Lipinski definition) is 3. The third-order valence-corrected chi connectivity index (χ3v) is 1.92. The molecule has 1 heterocycles. The fourth-order valence-electron chi connectivity index (χ4n) is 1.06. The van der Waals surface area contributed by atoms with E-state index in [-0.39, 0.29) is 58.3 Å². The van der Waals surface area contributed by atoms with Gasteiger partial charge in [-0.15, -0.1) is 5.34 Å². The smallest absolute Gasteiger partial charge is 0.414 e. The van der Waals surface area contributed by atoms with Gasteiger partial charge < -0.3 is 67.8 Å². The summed E-state index contributed by atoms with van der Waals surface area (Å²) in [4.78, 5) is 30.3. The Balaban J connectivity index is -0.0000000549. The van der Waals surface area contributed by atoms with Crippen molar-refractivity contribution in [2.45, 2.75) is 32.9 Å². The minimum atomic E-state index is -1.82. The van der Waals surface area contributed by atoms with E-state index >= 15 is 0 Å². The van der Waals surface area contributed by atoms with Gasteiger partial charge in [0.1, 0.15) is 5.82 Å². The Labute approximate surface area is 171 Å². The van der Waals surface area contributed by atoms with Crippen molar-refractivity contribution in [3.05, 3.63) is 28.3 Å². The van der Waals surface area contributed by atoms with Gasteiger partial charge >= 0.3 is 11.9 Å². The normalized spacial score (nSPS) is 7.08. The number of imidazole rings is 1. The first-order valence-corrected chi connectivity index (χ1v) is 5.55. The van der Waals surface area contributed by atoms with E-state index in [1.807, 2.05) is 6.20 Å². The summed E-state index contributed by atoms with van der Waals surface area (Å²) >= 11 is 0. The number of nitrogens with two attached hydrogens (primary N) is 1. The van der Waals surface area contributed by atoms with Crippen LogP contribution in [-0.2, 0) is 43.7 Å². The van der Waals surface area contributed by atoms with Crippen molar-refractivity contribution in [1.29, 1.82) is 0 Å². The van der Waals surface area contributed by atoms with Crippen LogP contribution in [0.3, 0.4) is 0 Å². The fourth-order valence-corrected chi connectivity index (χ4v) is 1.06. The molecule has 4 N–H and O–H groups in total. The standard InChI is InChI=1S/C8H15N3.C2H2O4.3ClH.HNO2.Pt/c1-2-3-5-11-6-4-10-8(11)7-9;3-1(4)2(5)6;;;;2-1-3;/h4,6H,2-3,5,7,9H2,1H3;(H,3,4)(H,5,6);3*1H;(H,2,3);/p-4. The largest absolute Gasteiger partial charge is 1.00 e. The molecular formula is C10H17Cl3N4O6Pt-4. The molecule has 24 heavy (non-hydrogen) atoms. The second kappa shape index (κ2) is 26.9. The summed E-state index contributed by atoms with van der Waals surface area (Å²) in [5.41, 5.74) is 5.48. The number of aryl methyl sites for hydroxylation is 1. The molecule has 0 atom stereocenters. The van der Waals surface area contributed by atoms with Crippen LogP contribution in [-0.4, -0.2) is 31.7 Å². The molecule has 0 bridgehead atoms. The minimum Gasteiger partial charge on any atom is -1.00 e. The van der Waals surface area contributed by atoms with Gasteiger partial charge in [-0.2, -0.15) is 0 Å². The van der Waals surface area contributed by atoms with E-state index in [0.717, 1.165) is 17.7 Å². The molecule has 10 nitrogen and oxygen atoms in total. The van der Waals surface area contributed by atoms with Crippen LogP contribution in [0.25, 0.3) is 0 Å². The van der Waals surface area contributed by atoms with Gasteiger partial charge in [0.2, 0.25) is 0 Å². The fraction of sp³-hybridized carbons (Fsp3) is 0.500. The molecule has 0 aliphatic carbocycles. The van der Waals surface area contributed by atoms with Crippen molar-refractivity contribution >= 4 is 11.9 Å². The van der Waals surface area contributed by atoms with Gasteiger partial charge in [0.25, 0.3) is 0 Å². The molecule has 0 radical (unpaired) electrons. The van der Waals surface area contributed by atoms with Gasteiger partial charge in [-0.25, -0.2) is 14.6 Å². The number of carboxylic acid groups (broad SMARTS) is 2. The molecule has 0 spiro atoms. The predicted molar refractivity (Wildman–Crippen MR) is 69.5 cm³/mol. The summed E-state index contributed by atoms with van der Waals surface area (Å²) in [6.07, 6.45) is 6.20. The Morgan fingerprint density at radius 1 is 1.29 bits per heavy atom. The minimum absolute atomic E-state index is 0. The zero-order chi connectivity index (χ0) is 16.0. The van der Waals surface area contributed by atoms with Crippen LogP contribution < -0.4 is 43.0 Å². The molecule has 14 heteroatoms. The number of carboxylic acids is 2. The van der Waals surface area contributed by atoms with E-state index in [4.69, 9.17) is 35.7 Å². The zero-order valence-corrected chi connectivity index (χ0v) is 16.9. The van der Waals surface area contributed by atoms with Crippen LogP contribution in [0.1, 0.15) is 25.6 Å². The number of halogens is 3. The number of aromatic nitrogens is 2. The van der Waals surface area contributed by atoms with Crippen molar-refractivity contribution in [1.82, 2.24) is 9.55 Å². The van der Waals surface area contributed by atoms with Crippen molar-refractivity contribution in [3.63, 3.8) is 0 Å². The quantitative estimate of drug-likeness (QED) is 0.176. The van der Waals surface area contributed by atoms with Gasteiger partial charge in [-0.1, -0.05) is 13.3 Å². The summed E-state index contributed by atoms with van der Waals surface area (Å²) in [6, 6.07) is 0. The Morgan fingerprint density at radius 2 is 1.71 bits per heavy atom. The summed E-state index contributed by atoms with van der Waals surface area (Å²) in [6.45, 7) is 3.76. The summed E-state index contributed by atoms with van der Waals surface area (Å²) in [7, 11) is 0. The second-order valence-electron chi connectivity index (χ2n) is 3.28. The Bertz CT molecular complexity index is 413. The number of carbonyl (C=O) groups is 2. The molecule has 148 valence electrons. The van der Waals surface area contributed by atoms with E-state index < -0.39 is 11.9 Å². The monoisotopic (exact) mass is 589 g/mol. The average molecular weight is 591 g/mol. The molecule has 0 fully saturated rings. The van der Waals surface area contributed by atoms with Crippen LogP contribution in [0, 0.1) is 10.1 Å². The van der Waals surface area contributed by atoms with Crippen LogP contribution in [0.15, 0.2) is 17.7 Å². The first kappa shape index (κ1) is 38.6. The van der Waals surface area contributed by atoms with Crippen molar-refractivity contribution in [3.8, 4) is 0 Å². The molecular weight excluding hydrogens is 574 g/mol. The maximum atomic E-state index is 9.10. The molecule has 0 saturated heterocycles. The van der Waals surface area contributed by atoms with Gasteiger partial charge in [0.05, 0.1) is 6.54 Å². The van der Waals surface area contributed by atoms with Crippen LogP contribution in [0.2, 0.25) is 0 Å². The molecule has 0 aliphatic heterocycles. The Hall–Kier alpha value is -0.932. The molecule has 0 saturated carbocycles. The average Bonchev–Trinajstić information content (AvgIpc) is 2.85. The van der Waals surface area contributed by atoms with E-state index in [9.17, 15) is 0 Å². The van der Waals surface area contributed by atoms with Gasteiger partial charge in [0, 0.05) is 40.0 Å². The molecule has 1 aromatic rings. The van der Waals surface area contributed by atoms with Crippen molar-refractivity contribution < 1.29 is 78.1 Å². The summed E-state index contributed by atoms with van der Waals surface area (Å²) < 4.78 is 2.11. The van der Waals surface area contributed by atoms with Crippen LogP contribution in [0.5, 0.6) is 0 Å². The first-order valence-electron chi connectivity index (χ1n) is 5.55. The molecule has 1 rings (SSSR count). The number of nitrogens with zero attached hydrogens (tertiary/aromatic N) is 3. The van der Waals surface area contributed by atoms with Crippen molar-refractivity contribution in [2.75, 3.05) is 0 Å². The van der Waals surface area contributed by atoms with E-state index in [1.165, 1.54) is 12.8 Å². The molecule has 0 unspecified atom stereocenters. The second-order valence-corrected chi connectivity index (χ2v) is 3.28. The van der Waals surface area contributed by atoms with E-state index in [2.05, 4.69) is 16.5 Å². The molecule has 0 aliphatic rings. The van der Waals surface area contributed by atoms with E-state index in [0.29, 0.717) is 6.54 Å². The molecule has 1 aromatic heterocycles. The van der Waals surface area contributed by atoms with E-state index in [1.54, 1.807) is 6.20 Å². The maximum Gasteiger partial charge on any atom is 0.414 e. The number of unbranched alkanes of at least 4 members (excludes halogenated alkanes) is 1. The Morgan fingerprint density at radius 3 is 2.00 bits per heavy atom. The molecule has 0 amide bonds. The third kappa shape index (κ3) is 23.3. The topological polar surface area (TPSA) is 171 Å². The number of rotatable bonds is 4. The van der Waals surface area contributed by atoms with Crippen molar-refractivity contribution in [2.24, 2.45) is 11.1 Å². The van der Waals surface area contributed by atoms with Crippen LogP contribution >= 0.6 is 0 Å². The van der Waals surface area contributed by atoms with Gasteiger partial charge in [-0.05, 0) is 6.42 Å². The number of hydrogen-bond acceptors (Lipinski definition) is 7. The van der Waals surface area contributed by atoms with Crippen LogP contribution in [0.4, 0.5) is 0 Å². The number of aliphatic carboxylic acids is 2. The maximum absolute atomic E-state index is 9.10. The zero-order valence-electron chi connectivity index (χ0n) is 12.4.